The molecule has 0 saturated carbocycles. The van der Waals surface area contributed by atoms with Crippen molar-refractivity contribution in [3.05, 3.63) is 94.4 Å². The van der Waals surface area contributed by atoms with Crippen LogP contribution in [0.15, 0.2) is 67.3 Å². The molecule has 0 atom stereocenters. The number of nitro benzene ring substituents is 1. The topological polar surface area (TPSA) is 98.8 Å². The van der Waals surface area contributed by atoms with E-state index in [-0.39, 0.29) is 11.5 Å². The van der Waals surface area contributed by atoms with Crippen molar-refractivity contribution in [3.8, 4) is 17.1 Å². The summed E-state index contributed by atoms with van der Waals surface area (Å²) in [5.74, 6) is 0.564. The first-order valence-electron chi connectivity index (χ1n) is 9.11. The molecule has 4 rings (SSSR count). The molecule has 0 bridgehead atoms. The molecule has 150 valence electrons. The number of nitro groups is 1. The van der Waals surface area contributed by atoms with Crippen LogP contribution in [-0.4, -0.2) is 24.4 Å². The summed E-state index contributed by atoms with van der Waals surface area (Å²) >= 11 is 0. The number of rotatable bonds is 6. The molecule has 8 nitrogen and oxygen atoms in total. The molecule has 30 heavy (non-hydrogen) atoms. The highest BCUT2D eigenvalue weighted by atomic mass is 19.1. The maximum Gasteiger partial charge on any atom is 0.270 e. The van der Waals surface area contributed by atoms with Gasteiger partial charge in [0.25, 0.3) is 5.69 Å². The van der Waals surface area contributed by atoms with Crippen LogP contribution in [0.25, 0.3) is 17.1 Å². The number of aryl methyl sites for hydroxylation is 1. The third kappa shape index (κ3) is 4.14. The molecule has 4 aromatic rings. The highest BCUT2D eigenvalue weighted by Crippen LogP contribution is 2.23. The minimum absolute atomic E-state index is 0.0272. The van der Waals surface area contributed by atoms with Crippen molar-refractivity contribution in [1.82, 2.24) is 19.5 Å². The second-order valence-corrected chi connectivity index (χ2v) is 6.63. The first-order chi connectivity index (χ1) is 14.5. The van der Waals surface area contributed by atoms with Gasteiger partial charge in [0, 0.05) is 48.4 Å². The van der Waals surface area contributed by atoms with Crippen molar-refractivity contribution in [2.75, 3.05) is 5.32 Å². The van der Waals surface area contributed by atoms with Crippen LogP contribution in [0, 0.1) is 22.9 Å². The minimum atomic E-state index is -0.458. The molecule has 0 amide bonds. The van der Waals surface area contributed by atoms with Crippen LogP contribution >= 0.6 is 0 Å². The van der Waals surface area contributed by atoms with Crippen molar-refractivity contribution in [2.24, 2.45) is 0 Å². The molecule has 0 saturated heterocycles. The van der Waals surface area contributed by atoms with Gasteiger partial charge in [0.15, 0.2) is 5.82 Å². The summed E-state index contributed by atoms with van der Waals surface area (Å²) < 4.78 is 16.0. The van der Waals surface area contributed by atoms with Gasteiger partial charge in [-0.25, -0.2) is 19.3 Å². The highest BCUT2D eigenvalue weighted by molar-refractivity contribution is 5.61. The molecular weight excluding hydrogens is 387 g/mol. The van der Waals surface area contributed by atoms with E-state index in [0.29, 0.717) is 35.1 Å². The molecule has 0 spiro atoms. The Bertz CT molecular complexity index is 1210. The van der Waals surface area contributed by atoms with Gasteiger partial charge in [-0.3, -0.25) is 10.1 Å². The molecule has 0 aliphatic heterocycles. The van der Waals surface area contributed by atoms with E-state index in [1.807, 2.05) is 13.0 Å². The summed E-state index contributed by atoms with van der Waals surface area (Å²) in [7, 11) is 0. The molecule has 2 heterocycles. The zero-order valence-corrected chi connectivity index (χ0v) is 16.0. The summed E-state index contributed by atoms with van der Waals surface area (Å²) in [4.78, 5) is 23.3. The Labute approximate surface area is 171 Å². The van der Waals surface area contributed by atoms with E-state index >= 15 is 0 Å². The van der Waals surface area contributed by atoms with Gasteiger partial charge in [0.05, 0.1) is 16.9 Å². The number of nitrogens with zero attached hydrogens (tertiary/aromatic N) is 5. The van der Waals surface area contributed by atoms with Crippen molar-refractivity contribution in [3.63, 3.8) is 0 Å². The monoisotopic (exact) mass is 404 g/mol. The molecule has 0 fully saturated rings. The smallest absolute Gasteiger partial charge is 0.270 e. The lowest BCUT2D eigenvalue weighted by Crippen LogP contribution is -2.05. The standard InChI is InChI=1S/C21H17FN6O2/c1-14-9-20(26-21(25-14)16-3-2-4-17(11-16)28(29)30)24-12-15-5-6-19(18(22)10-15)27-8-7-23-13-27/h2-11,13H,12H2,1H3,(H,24,25,26). The number of non-ortho nitro benzene ring substituents is 1. The quantitative estimate of drug-likeness (QED) is 0.380. The predicted octanol–water partition coefficient (Wildman–Crippen LogP) is 4.30. The van der Waals surface area contributed by atoms with Crippen LogP contribution in [0.4, 0.5) is 15.9 Å². The van der Waals surface area contributed by atoms with Gasteiger partial charge < -0.3 is 9.88 Å². The Morgan fingerprint density at radius 2 is 2.03 bits per heavy atom. The Balaban J connectivity index is 1.54. The molecule has 0 aliphatic carbocycles. The SMILES string of the molecule is Cc1cc(NCc2ccc(-n3ccnc3)c(F)c2)nc(-c2cccc([N+](=O)[O-])c2)n1. The first kappa shape index (κ1) is 19.2. The van der Waals surface area contributed by atoms with Crippen LogP contribution < -0.4 is 5.32 Å². The van der Waals surface area contributed by atoms with Crippen LogP contribution in [0.3, 0.4) is 0 Å². The number of nitrogens with one attached hydrogen (secondary N) is 1. The lowest BCUT2D eigenvalue weighted by atomic mass is 10.2. The largest absolute Gasteiger partial charge is 0.366 e. The number of anilines is 1. The van der Waals surface area contributed by atoms with Gasteiger partial charge >= 0.3 is 0 Å². The van der Waals surface area contributed by atoms with Crippen molar-refractivity contribution < 1.29 is 9.31 Å². The molecule has 0 unspecified atom stereocenters. The van der Waals surface area contributed by atoms with Crippen molar-refractivity contribution >= 4 is 11.5 Å². The van der Waals surface area contributed by atoms with E-state index in [4.69, 9.17) is 0 Å². The first-order valence-corrected chi connectivity index (χ1v) is 9.11. The Hall–Kier alpha value is -4.14. The molecular formula is C21H17FN6O2. The summed E-state index contributed by atoms with van der Waals surface area (Å²) in [6.45, 7) is 2.17. The third-order valence-electron chi connectivity index (χ3n) is 4.44. The fourth-order valence-electron chi connectivity index (χ4n) is 3.01. The summed E-state index contributed by atoms with van der Waals surface area (Å²) in [5, 5.41) is 14.2. The van der Waals surface area contributed by atoms with E-state index in [0.717, 1.165) is 5.56 Å². The van der Waals surface area contributed by atoms with Gasteiger partial charge in [-0.15, -0.1) is 0 Å². The maximum atomic E-state index is 14.4. The molecule has 0 radical (unpaired) electrons. The average molecular weight is 404 g/mol. The van der Waals surface area contributed by atoms with E-state index < -0.39 is 4.92 Å². The lowest BCUT2D eigenvalue weighted by molar-refractivity contribution is -0.384. The fraction of sp³-hybridized carbons (Fsp3) is 0.0952. The number of halogens is 1. The molecule has 2 aromatic heterocycles. The number of hydrogen-bond acceptors (Lipinski definition) is 6. The summed E-state index contributed by atoms with van der Waals surface area (Å²) in [5.41, 5.74) is 2.38. The van der Waals surface area contributed by atoms with Gasteiger partial charge in [-0.2, -0.15) is 0 Å². The van der Waals surface area contributed by atoms with Crippen LogP contribution in [0.2, 0.25) is 0 Å². The molecule has 9 heteroatoms. The predicted molar refractivity (Wildman–Crippen MR) is 110 cm³/mol. The second-order valence-electron chi connectivity index (χ2n) is 6.63. The van der Waals surface area contributed by atoms with Crippen LogP contribution in [-0.2, 0) is 6.54 Å². The van der Waals surface area contributed by atoms with Gasteiger partial charge in [0.1, 0.15) is 11.6 Å². The second kappa shape index (κ2) is 8.08. The third-order valence-corrected chi connectivity index (χ3v) is 4.44. The van der Waals surface area contributed by atoms with Crippen LogP contribution in [0.5, 0.6) is 0 Å². The summed E-state index contributed by atoms with van der Waals surface area (Å²) in [6, 6.07) is 12.9. The number of imidazole rings is 1. The number of hydrogen-bond donors (Lipinski definition) is 1. The number of aromatic nitrogens is 4. The van der Waals surface area contributed by atoms with Crippen molar-refractivity contribution in [1.29, 1.82) is 0 Å². The minimum Gasteiger partial charge on any atom is -0.366 e. The zero-order valence-electron chi connectivity index (χ0n) is 16.0. The van der Waals surface area contributed by atoms with Gasteiger partial charge in [-0.05, 0) is 24.6 Å². The lowest BCUT2D eigenvalue weighted by Gasteiger charge is -2.10. The van der Waals surface area contributed by atoms with E-state index in [2.05, 4.69) is 20.3 Å². The van der Waals surface area contributed by atoms with Crippen LogP contribution in [0.1, 0.15) is 11.3 Å². The fourth-order valence-corrected chi connectivity index (χ4v) is 3.01. The normalized spacial score (nSPS) is 10.7. The molecule has 2 aromatic carbocycles. The molecule has 1 N–H and O–H groups in total. The molecule has 0 aliphatic rings. The number of benzene rings is 2. The Kier molecular flexibility index (Phi) is 5.17. The van der Waals surface area contributed by atoms with E-state index in [1.54, 1.807) is 41.2 Å². The average Bonchev–Trinajstić information content (AvgIpc) is 3.26. The van der Waals surface area contributed by atoms with Gasteiger partial charge in [0.2, 0.25) is 0 Å². The maximum absolute atomic E-state index is 14.4. The zero-order chi connectivity index (χ0) is 21.1. The van der Waals surface area contributed by atoms with E-state index in [1.165, 1.54) is 24.5 Å². The van der Waals surface area contributed by atoms with E-state index in [9.17, 15) is 14.5 Å². The van der Waals surface area contributed by atoms with Crippen molar-refractivity contribution in [2.45, 2.75) is 13.5 Å². The highest BCUT2D eigenvalue weighted by Gasteiger charge is 2.11. The Morgan fingerprint density at radius 1 is 1.17 bits per heavy atom. The van der Waals surface area contributed by atoms with Gasteiger partial charge in [-0.1, -0.05) is 18.2 Å². The Morgan fingerprint density at radius 3 is 2.77 bits per heavy atom. The summed E-state index contributed by atoms with van der Waals surface area (Å²) in [6.07, 6.45) is 4.80.